The lowest BCUT2D eigenvalue weighted by Crippen LogP contribution is -2.26. The van der Waals surface area contributed by atoms with Crippen LogP contribution in [-0.2, 0) is 0 Å². The Labute approximate surface area is 90.9 Å². The van der Waals surface area contributed by atoms with Crippen molar-refractivity contribution in [2.24, 2.45) is 0 Å². The van der Waals surface area contributed by atoms with Crippen LogP contribution in [-0.4, -0.2) is 27.2 Å². The van der Waals surface area contributed by atoms with Crippen molar-refractivity contribution in [2.45, 2.75) is 25.3 Å². The normalized spacial score (nSPS) is 17.9. The maximum atomic E-state index is 9.14. The standard InChI is InChI=1S/C9H12BrN3O/c1-6-11-7(10)4-8(12-6)13-9(5-14)2-3-9/h4,14H,2-3,5H2,1H3,(H,11,12,13). The molecule has 1 saturated carbocycles. The predicted molar refractivity (Wildman–Crippen MR) is 57.1 cm³/mol. The van der Waals surface area contributed by atoms with Gasteiger partial charge in [0.15, 0.2) is 0 Å². The topological polar surface area (TPSA) is 58.0 Å². The van der Waals surface area contributed by atoms with Crippen molar-refractivity contribution in [2.75, 3.05) is 11.9 Å². The van der Waals surface area contributed by atoms with Crippen molar-refractivity contribution >= 4 is 21.7 Å². The van der Waals surface area contributed by atoms with E-state index < -0.39 is 0 Å². The second-order valence-electron chi connectivity index (χ2n) is 3.69. The first-order valence-corrected chi connectivity index (χ1v) is 5.33. The fourth-order valence-electron chi connectivity index (χ4n) is 1.34. The van der Waals surface area contributed by atoms with Crippen molar-refractivity contribution in [3.63, 3.8) is 0 Å². The zero-order valence-corrected chi connectivity index (χ0v) is 9.50. The Balaban J connectivity index is 2.16. The van der Waals surface area contributed by atoms with Crippen LogP contribution in [0.25, 0.3) is 0 Å². The fourth-order valence-corrected chi connectivity index (χ4v) is 1.81. The van der Waals surface area contributed by atoms with Gasteiger partial charge in [0.05, 0.1) is 12.1 Å². The molecule has 0 atom stereocenters. The molecule has 0 radical (unpaired) electrons. The lowest BCUT2D eigenvalue weighted by atomic mass is 10.3. The molecule has 0 bridgehead atoms. The first-order valence-electron chi connectivity index (χ1n) is 4.54. The van der Waals surface area contributed by atoms with E-state index in [1.165, 1.54) is 0 Å². The second-order valence-corrected chi connectivity index (χ2v) is 4.50. The number of aryl methyl sites for hydroxylation is 1. The van der Waals surface area contributed by atoms with E-state index in [1.807, 2.05) is 13.0 Å². The number of rotatable bonds is 3. The summed E-state index contributed by atoms with van der Waals surface area (Å²) in [5.41, 5.74) is -0.125. The average Bonchev–Trinajstić information content (AvgIpc) is 2.83. The van der Waals surface area contributed by atoms with Crippen molar-refractivity contribution in [3.05, 3.63) is 16.5 Å². The maximum Gasteiger partial charge on any atom is 0.131 e. The van der Waals surface area contributed by atoms with E-state index in [2.05, 4.69) is 31.2 Å². The van der Waals surface area contributed by atoms with Gasteiger partial charge in [0.2, 0.25) is 0 Å². The third-order valence-electron chi connectivity index (χ3n) is 2.36. The minimum Gasteiger partial charge on any atom is -0.394 e. The van der Waals surface area contributed by atoms with E-state index in [0.29, 0.717) is 0 Å². The predicted octanol–water partition coefficient (Wildman–Crippen LogP) is 1.48. The summed E-state index contributed by atoms with van der Waals surface area (Å²) in [5, 5.41) is 12.4. The maximum absolute atomic E-state index is 9.14. The molecule has 1 aromatic heterocycles. The lowest BCUT2D eigenvalue weighted by Gasteiger charge is -2.15. The van der Waals surface area contributed by atoms with Crippen LogP contribution in [0.3, 0.4) is 0 Å². The minimum absolute atomic E-state index is 0.125. The van der Waals surface area contributed by atoms with E-state index in [4.69, 9.17) is 5.11 Å². The summed E-state index contributed by atoms with van der Waals surface area (Å²) in [6.07, 6.45) is 2.01. The molecule has 4 nitrogen and oxygen atoms in total. The highest BCUT2D eigenvalue weighted by Crippen LogP contribution is 2.38. The zero-order chi connectivity index (χ0) is 10.2. The number of hydrogen-bond donors (Lipinski definition) is 2. The van der Waals surface area contributed by atoms with Crippen LogP contribution in [0.5, 0.6) is 0 Å². The summed E-state index contributed by atoms with van der Waals surface area (Å²) >= 11 is 3.31. The highest BCUT2D eigenvalue weighted by molar-refractivity contribution is 9.10. The summed E-state index contributed by atoms with van der Waals surface area (Å²) in [6, 6.07) is 1.82. The molecular weight excluding hydrogens is 246 g/mol. The molecule has 2 rings (SSSR count). The third-order valence-corrected chi connectivity index (χ3v) is 2.76. The number of aliphatic hydroxyl groups excluding tert-OH is 1. The van der Waals surface area contributed by atoms with Crippen LogP contribution in [0.1, 0.15) is 18.7 Å². The molecule has 14 heavy (non-hydrogen) atoms. The largest absolute Gasteiger partial charge is 0.394 e. The molecule has 1 aliphatic carbocycles. The molecule has 76 valence electrons. The van der Waals surface area contributed by atoms with Crippen LogP contribution in [0.2, 0.25) is 0 Å². The monoisotopic (exact) mass is 257 g/mol. The van der Waals surface area contributed by atoms with Crippen LogP contribution in [0.15, 0.2) is 10.7 Å². The Morgan fingerprint density at radius 3 is 2.79 bits per heavy atom. The summed E-state index contributed by atoms with van der Waals surface area (Å²) in [7, 11) is 0. The van der Waals surface area contributed by atoms with Gasteiger partial charge in [0.25, 0.3) is 0 Å². The Bertz CT molecular complexity index is 332. The van der Waals surface area contributed by atoms with E-state index in [0.717, 1.165) is 29.1 Å². The van der Waals surface area contributed by atoms with Gasteiger partial charge in [-0.15, -0.1) is 0 Å². The van der Waals surface area contributed by atoms with Gasteiger partial charge in [-0.1, -0.05) is 0 Å². The first kappa shape index (κ1) is 9.86. The molecule has 1 fully saturated rings. The van der Waals surface area contributed by atoms with E-state index in [-0.39, 0.29) is 12.1 Å². The second kappa shape index (κ2) is 3.47. The number of anilines is 1. The van der Waals surface area contributed by atoms with Crippen LogP contribution in [0, 0.1) is 6.92 Å². The van der Waals surface area contributed by atoms with Gasteiger partial charge in [-0.3, -0.25) is 0 Å². The van der Waals surface area contributed by atoms with Crippen molar-refractivity contribution in [1.82, 2.24) is 9.97 Å². The van der Waals surface area contributed by atoms with Gasteiger partial charge in [-0.25, -0.2) is 9.97 Å². The smallest absolute Gasteiger partial charge is 0.131 e. The van der Waals surface area contributed by atoms with Crippen LogP contribution < -0.4 is 5.32 Å². The van der Waals surface area contributed by atoms with Crippen LogP contribution >= 0.6 is 15.9 Å². The van der Waals surface area contributed by atoms with Gasteiger partial charge in [0.1, 0.15) is 16.2 Å². The summed E-state index contributed by atoms with van der Waals surface area (Å²) < 4.78 is 0.765. The van der Waals surface area contributed by atoms with E-state index >= 15 is 0 Å². The highest BCUT2D eigenvalue weighted by atomic mass is 79.9. The summed E-state index contributed by atoms with van der Waals surface area (Å²) in [4.78, 5) is 8.36. The summed E-state index contributed by atoms with van der Waals surface area (Å²) in [6.45, 7) is 2.00. The van der Waals surface area contributed by atoms with Crippen LogP contribution in [0.4, 0.5) is 5.82 Å². The van der Waals surface area contributed by atoms with Crippen molar-refractivity contribution in [1.29, 1.82) is 0 Å². The van der Waals surface area contributed by atoms with E-state index in [9.17, 15) is 0 Å². The zero-order valence-electron chi connectivity index (χ0n) is 7.92. The van der Waals surface area contributed by atoms with Gasteiger partial charge in [-0.2, -0.15) is 0 Å². The fraction of sp³-hybridized carbons (Fsp3) is 0.556. The average molecular weight is 258 g/mol. The Morgan fingerprint density at radius 1 is 1.57 bits per heavy atom. The van der Waals surface area contributed by atoms with Gasteiger partial charge < -0.3 is 10.4 Å². The first-order chi connectivity index (χ1) is 6.63. The highest BCUT2D eigenvalue weighted by Gasteiger charge is 2.42. The number of hydrogen-bond acceptors (Lipinski definition) is 4. The molecule has 2 N–H and O–H groups in total. The van der Waals surface area contributed by atoms with E-state index in [1.54, 1.807) is 0 Å². The molecule has 0 amide bonds. The van der Waals surface area contributed by atoms with Crippen molar-refractivity contribution in [3.8, 4) is 0 Å². The molecule has 0 unspecified atom stereocenters. The van der Waals surface area contributed by atoms with Gasteiger partial charge in [0, 0.05) is 6.07 Å². The minimum atomic E-state index is -0.125. The molecular formula is C9H12BrN3O. The number of nitrogens with zero attached hydrogens (tertiary/aromatic N) is 2. The lowest BCUT2D eigenvalue weighted by molar-refractivity contribution is 0.266. The molecule has 5 heteroatoms. The SMILES string of the molecule is Cc1nc(Br)cc(NC2(CO)CC2)n1. The molecule has 0 aromatic carbocycles. The Hall–Kier alpha value is -0.680. The number of halogens is 1. The molecule has 0 aliphatic heterocycles. The molecule has 0 spiro atoms. The molecule has 1 heterocycles. The number of nitrogens with one attached hydrogen (secondary N) is 1. The van der Waals surface area contributed by atoms with Gasteiger partial charge >= 0.3 is 0 Å². The molecule has 0 saturated heterocycles. The number of aromatic nitrogens is 2. The third kappa shape index (κ3) is 2.04. The summed E-state index contributed by atoms with van der Waals surface area (Å²) in [5.74, 6) is 1.49. The Kier molecular flexibility index (Phi) is 2.45. The molecule has 1 aromatic rings. The number of aliphatic hydroxyl groups is 1. The molecule has 1 aliphatic rings. The van der Waals surface area contributed by atoms with Gasteiger partial charge in [-0.05, 0) is 35.7 Å². The quantitative estimate of drug-likeness (QED) is 0.806. The Morgan fingerprint density at radius 2 is 2.29 bits per heavy atom. The van der Waals surface area contributed by atoms with Crippen molar-refractivity contribution < 1.29 is 5.11 Å².